The SMILES string of the molecule is CCCCCn1nc(C(CCC)(OC)OC)nc1Cc1ccc(-c2ccccc2C(=O)O)cn1. The number of carboxylic acid groups (broad SMARTS) is 1. The molecular formula is C26H34N4O4. The predicted octanol–water partition coefficient (Wildman–Crippen LogP) is 5.07. The van der Waals surface area contributed by atoms with E-state index in [4.69, 9.17) is 19.6 Å². The molecule has 0 amide bonds. The van der Waals surface area contributed by atoms with Gasteiger partial charge in [-0.15, -0.1) is 0 Å². The lowest BCUT2D eigenvalue weighted by molar-refractivity contribution is -0.225. The maximum atomic E-state index is 11.6. The summed E-state index contributed by atoms with van der Waals surface area (Å²) in [5.74, 6) is -0.610. The molecule has 182 valence electrons. The summed E-state index contributed by atoms with van der Waals surface area (Å²) in [6.07, 6.45) is 6.95. The second kappa shape index (κ2) is 11.9. The van der Waals surface area contributed by atoms with Crippen molar-refractivity contribution in [2.24, 2.45) is 0 Å². The summed E-state index contributed by atoms with van der Waals surface area (Å²) in [6.45, 7) is 5.00. The summed E-state index contributed by atoms with van der Waals surface area (Å²) in [4.78, 5) is 21.0. The summed E-state index contributed by atoms with van der Waals surface area (Å²) in [5, 5.41) is 14.3. The summed E-state index contributed by atoms with van der Waals surface area (Å²) >= 11 is 0. The van der Waals surface area contributed by atoms with Crippen molar-refractivity contribution in [3.05, 3.63) is 65.5 Å². The summed E-state index contributed by atoms with van der Waals surface area (Å²) < 4.78 is 13.4. The molecule has 1 N–H and O–H groups in total. The molecule has 0 saturated carbocycles. The number of aromatic carboxylic acids is 1. The third kappa shape index (κ3) is 5.69. The number of pyridine rings is 1. The Morgan fingerprint density at radius 2 is 1.82 bits per heavy atom. The second-order valence-electron chi connectivity index (χ2n) is 8.26. The van der Waals surface area contributed by atoms with Gasteiger partial charge in [0.15, 0.2) is 0 Å². The van der Waals surface area contributed by atoms with Crippen LogP contribution in [0.5, 0.6) is 0 Å². The number of ether oxygens (including phenoxy) is 2. The van der Waals surface area contributed by atoms with Crippen molar-refractivity contribution in [1.82, 2.24) is 19.7 Å². The quantitative estimate of drug-likeness (QED) is 0.277. The molecule has 0 atom stereocenters. The summed E-state index contributed by atoms with van der Waals surface area (Å²) in [7, 11) is 3.23. The Bertz CT molecular complexity index is 1070. The molecule has 1 aromatic carbocycles. The summed E-state index contributed by atoms with van der Waals surface area (Å²) in [5.41, 5.74) is 2.48. The van der Waals surface area contributed by atoms with Crippen LogP contribution in [-0.4, -0.2) is 45.0 Å². The van der Waals surface area contributed by atoms with E-state index in [0.717, 1.165) is 49.3 Å². The molecular weight excluding hydrogens is 432 g/mol. The molecule has 0 bridgehead atoms. The Morgan fingerprint density at radius 3 is 2.44 bits per heavy atom. The Labute approximate surface area is 201 Å². The molecule has 0 fully saturated rings. The number of unbranched alkanes of at least 4 members (excludes halogenated alkanes) is 2. The van der Waals surface area contributed by atoms with E-state index in [1.165, 1.54) is 0 Å². The highest BCUT2D eigenvalue weighted by Crippen LogP contribution is 2.29. The van der Waals surface area contributed by atoms with Crippen molar-refractivity contribution in [3.8, 4) is 11.1 Å². The largest absolute Gasteiger partial charge is 0.478 e. The number of benzene rings is 1. The zero-order valence-electron chi connectivity index (χ0n) is 20.5. The molecule has 0 unspecified atom stereocenters. The molecule has 8 heteroatoms. The third-order valence-electron chi connectivity index (χ3n) is 5.93. The second-order valence-corrected chi connectivity index (χ2v) is 8.26. The van der Waals surface area contributed by atoms with Crippen LogP contribution in [0.25, 0.3) is 11.1 Å². The minimum Gasteiger partial charge on any atom is -0.478 e. The van der Waals surface area contributed by atoms with Crippen LogP contribution in [0, 0.1) is 0 Å². The Kier molecular flexibility index (Phi) is 8.90. The van der Waals surface area contributed by atoms with Gasteiger partial charge < -0.3 is 14.6 Å². The van der Waals surface area contributed by atoms with Gasteiger partial charge in [0, 0.05) is 51.1 Å². The minimum atomic E-state index is -0.975. The molecule has 0 radical (unpaired) electrons. The van der Waals surface area contributed by atoms with Crippen molar-refractivity contribution >= 4 is 5.97 Å². The lowest BCUT2D eigenvalue weighted by Crippen LogP contribution is -2.32. The van der Waals surface area contributed by atoms with E-state index in [-0.39, 0.29) is 5.56 Å². The number of carboxylic acids is 1. The standard InChI is InChI=1S/C26H34N4O4/c1-5-7-10-16-30-23(28-25(29-30)26(33-3,34-4)15-6-2)17-20-14-13-19(18-27-20)21-11-8-9-12-22(21)24(31)32/h8-9,11-14,18H,5-7,10,15-17H2,1-4H3,(H,31,32). The number of carbonyl (C=O) groups is 1. The molecule has 0 spiro atoms. The minimum absolute atomic E-state index is 0.253. The van der Waals surface area contributed by atoms with Gasteiger partial charge in [0.25, 0.3) is 0 Å². The van der Waals surface area contributed by atoms with E-state index in [0.29, 0.717) is 24.2 Å². The van der Waals surface area contributed by atoms with E-state index >= 15 is 0 Å². The van der Waals surface area contributed by atoms with Gasteiger partial charge >= 0.3 is 5.97 Å². The highest BCUT2D eigenvalue weighted by atomic mass is 16.7. The summed E-state index contributed by atoms with van der Waals surface area (Å²) in [6, 6.07) is 10.7. The predicted molar refractivity (Wildman–Crippen MR) is 130 cm³/mol. The van der Waals surface area contributed by atoms with Gasteiger partial charge in [-0.1, -0.05) is 57.4 Å². The number of hydrogen-bond donors (Lipinski definition) is 1. The van der Waals surface area contributed by atoms with E-state index in [1.807, 2.05) is 22.9 Å². The average molecular weight is 467 g/mol. The maximum absolute atomic E-state index is 11.6. The fourth-order valence-electron chi connectivity index (χ4n) is 4.04. The van der Waals surface area contributed by atoms with Crippen LogP contribution in [0.2, 0.25) is 0 Å². The molecule has 8 nitrogen and oxygen atoms in total. The van der Waals surface area contributed by atoms with Gasteiger partial charge in [-0.3, -0.25) is 4.98 Å². The van der Waals surface area contributed by atoms with Crippen LogP contribution >= 0.6 is 0 Å². The first kappa shape index (κ1) is 25.5. The molecule has 0 aliphatic carbocycles. The lowest BCUT2D eigenvalue weighted by Gasteiger charge is -2.27. The first-order chi connectivity index (χ1) is 16.5. The van der Waals surface area contributed by atoms with Crippen LogP contribution in [0.3, 0.4) is 0 Å². The number of methoxy groups -OCH3 is 2. The Hall–Kier alpha value is -3.10. The van der Waals surface area contributed by atoms with Crippen LogP contribution in [0.15, 0.2) is 42.6 Å². The molecule has 3 rings (SSSR count). The monoisotopic (exact) mass is 466 g/mol. The number of hydrogen-bond acceptors (Lipinski definition) is 6. The van der Waals surface area contributed by atoms with Crippen molar-refractivity contribution in [2.75, 3.05) is 14.2 Å². The molecule has 0 saturated heterocycles. The smallest absolute Gasteiger partial charge is 0.336 e. The van der Waals surface area contributed by atoms with Crippen LogP contribution in [-0.2, 0) is 28.2 Å². The molecule has 3 aromatic rings. The van der Waals surface area contributed by atoms with Gasteiger partial charge in [-0.05, 0) is 24.1 Å². The van der Waals surface area contributed by atoms with Crippen LogP contribution < -0.4 is 0 Å². The number of aromatic nitrogens is 4. The van der Waals surface area contributed by atoms with Gasteiger partial charge in [-0.2, -0.15) is 5.10 Å². The molecule has 2 aromatic heterocycles. The fraction of sp³-hybridized carbons (Fsp3) is 0.462. The van der Waals surface area contributed by atoms with Crippen LogP contribution in [0.4, 0.5) is 0 Å². The van der Waals surface area contributed by atoms with E-state index in [9.17, 15) is 9.90 Å². The molecule has 2 heterocycles. The Balaban J connectivity index is 1.90. The van der Waals surface area contributed by atoms with Crippen molar-refractivity contribution in [3.63, 3.8) is 0 Å². The number of aryl methyl sites for hydroxylation is 1. The molecule has 34 heavy (non-hydrogen) atoms. The average Bonchev–Trinajstić information content (AvgIpc) is 3.26. The van der Waals surface area contributed by atoms with E-state index in [1.54, 1.807) is 38.6 Å². The zero-order valence-corrected chi connectivity index (χ0v) is 20.5. The van der Waals surface area contributed by atoms with E-state index in [2.05, 4.69) is 18.8 Å². The van der Waals surface area contributed by atoms with Gasteiger partial charge in [0.2, 0.25) is 11.6 Å². The van der Waals surface area contributed by atoms with Gasteiger partial charge in [0.05, 0.1) is 5.56 Å². The maximum Gasteiger partial charge on any atom is 0.336 e. The van der Waals surface area contributed by atoms with Crippen molar-refractivity contribution in [2.45, 2.75) is 64.7 Å². The number of rotatable bonds is 13. The first-order valence-electron chi connectivity index (χ1n) is 11.8. The number of nitrogens with zero attached hydrogens (tertiary/aromatic N) is 4. The van der Waals surface area contributed by atoms with Crippen molar-refractivity contribution < 1.29 is 19.4 Å². The third-order valence-corrected chi connectivity index (χ3v) is 5.93. The van der Waals surface area contributed by atoms with Gasteiger partial charge in [-0.25, -0.2) is 14.5 Å². The lowest BCUT2D eigenvalue weighted by atomic mass is 10.0. The molecule has 0 aliphatic heterocycles. The zero-order chi connectivity index (χ0) is 24.6. The topological polar surface area (TPSA) is 99.4 Å². The van der Waals surface area contributed by atoms with Crippen LogP contribution in [0.1, 0.15) is 73.7 Å². The molecule has 0 aliphatic rings. The highest BCUT2D eigenvalue weighted by Gasteiger charge is 2.36. The van der Waals surface area contributed by atoms with E-state index < -0.39 is 11.8 Å². The first-order valence-corrected chi connectivity index (χ1v) is 11.8. The van der Waals surface area contributed by atoms with Gasteiger partial charge in [0.1, 0.15) is 5.82 Å². The Morgan fingerprint density at radius 1 is 1.06 bits per heavy atom. The normalized spacial score (nSPS) is 11.6. The highest BCUT2D eigenvalue weighted by molar-refractivity contribution is 5.95. The van der Waals surface area contributed by atoms with Crippen molar-refractivity contribution in [1.29, 1.82) is 0 Å². The fourth-order valence-corrected chi connectivity index (χ4v) is 4.04.